The van der Waals surface area contributed by atoms with Crippen molar-refractivity contribution in [2.75, 3.05) is 13.2 Å². The lowest BCUT2D eigenvalue weighted by molar-refractivity contribution is 0.00153. The molecule has 0 fully saturated rings. The molecular weight excluding hydrogens is 228 g/mol. The average Bonchev–Trinajstić information content (AvgIpc) is 2.42. The molecule has 0 aromatic heterocycles. The summed E-state index contributed by atoms with van der Waals surface area (Å²) in [4.78, 5) is 11.6. The molecule has 0 heterocycles. The summed E-state index contributed by atoms with van der Waals surface area (Å²) in [5.41, 5.74) is 0.135. The Labute approximate surface area is 112 Å². The Morgan fingerprint density at radius 3 is 1.28 bits per heavy atom. The van der Waals surface area contributed by atoms with E-state index in [1.54, 1.807) is 0 Å². The van der Waals surface area contributed by atoms with Crippen LogP contribution in [0.3, 0.4) is 0 Å². The molecule has 0 amide bonds. The lowest BCUT2D eigenvalue weighted by Crippen LogP contribution is -2.27. The second-order valence-corrected chi connectivity index (χ2v) is 5.86. The number of hydrogen-bond donors (Lipinski definition) is 0. The van der Waals surface area contributed by atoms with Gasteiger partial charge < -0.3 is 9.47 Å². The van der Waals surface area contributed by atoms with Crippen LogP contribution in [-0.4, -0.2) is 19.4 Å². The molecule has 0 aliphatic rings. The van der Waals surface area contributed by atoms with Crippen molar-refractivity contribution in [3.05, 3.63) is 0 Å². The second kappa shape index (κ2) is 7.65. The van der Waals surface area contributed by atoms with Crippen molar-refractivity contribution in [3.8, 4) is 0 Å². The Morgan fingerprint density at radius 2 is 1.06 bits per heavy atom. The third kappa shape index (κ3) is 5.74. The smallest absolute Gasteiger partial charge is 0.434 e. The third-order valence-corrected chi connectivity index (χ3v) is 4.49. The van der Waals surface area contributed by atoms with Crippen molar-refractivity contribution >= 4 is 6.16 Å². The van der Waals surface area contributed by atoms with Gasteiger partial charge in [0, 0.05) is 10.8 Å². The summed E-state index contributed by atoms with van der Waals surface area (Å²) in [7, 11) is 0. The molecule has 3 heteroatoms. The maximum Gasteiger partial charge on any atom is 0.508 e. The van der Waals surface area contributed by atoms with Gasteiger partial charge >= 0.3 is 6.16 Å². The summed E-state index contributed by atoms with van der Waals surface area (Å²) in [6.07, 6.45) is 3.46. The van der Waals surface area contributed by atoms with Gasteiger partial charge in [-0.15, -0.1) is 0 Å². The van der Waals surface area contributed by atoms with E-state index in [1.807, 2.05) is 0 Å². The van der Waals surface area contributed by atoms with Gasteiger partial charge in [-0.25, -0.2) is 4.79 Å². The molecule has 0 aliphatic carbocycles. The SMILES string of the molecule is CCC(C)(CC)COC(=O)OCC(C)(CC)CC. The monoisotopic (exact) mass is 258 g/mol. The highest BCUT2D eigenvalue weighted by Gasteiger charge is 2.25. The molecule has 0 spiro atoms. The molecule has 0 saturated heterocycles. The quantitative estimate of drug-likeness (QED) is 0.587. The second-order valence-electron chi connectivity index (χ2n) is 5.86. The summed E-state index contributed by atoms with van der Waals surface area (Å²) < 4.78 is 10.4. The van der Waals surface area contributed by atoms with Gasteiger partial charge in [0.15, 0.2) is 0 Å². The normalized spacial score (nSPS) is 12.3. The van der Waals surface area contributed by atoms with Gasteiger partial charge in [-0.2, -0.15) is 0 Å². The van der Waals surface area contributed by atoms with E-state index in [1.165, 1.54) is 0 Å². The molecule has 0 aliphatic heterocycles. The van der Waals surface area contributed by atoms with Crippen LogP contribution in [0.25, 0.3) is 0 Å². The van der Waals surface area contributed by atoms with Gasteiger partial charge in [-0.3, -0.25) is 0 Å². The van der Waals surface area contributed by atoms with E-state index in [0.717, 1.165) is 25.7 Å². The topological polar surface area (TPSA) is 35.5 Å². The van der Waals surface area contributed by atoms with Crippen molar-refractivity contribution in [2.45, 2.75) is 67.2 Å². The van der Waals surface area contributed by atoms with Crippen molar-refractivity contribution in [3.63, 3.8) is 0 Å². The molecule has 108 valence electrons. The number of carbonyl (C=O) groups excluding carboxylic acids is 1. The minimum atomic E-state index is -0.531. The zero-order valence-corrected chi connectivity index (χ0v) is 13.0. The van der Waals surface area contributed by atoms with Crippen LogP contribution in [0.15, 0.2) is 0 Å². The van der Waals surface area contributed by atoms with Gasteiger partial charge in [-0.1, -0.05) is 41.5 Å². The molecular formula is C15H30O3. The van der Waals surface area contributed by atoms with Crippen LogP contribution in [0.1, 0.15) is 67.2 Å². The van der Waals surface area contributed by atoms with E-state index >= 15 is 0 Å². The lowest BCUT2D eigenvalue weighted by Gasteiger charge is -2.27. The van der Waals surface area contributed by atoms with Crippen molar-refractivity contribution in [2.24, 2.45) is 10.8 Å². The van der Waals surface area contributed by atoms with Crippen LogP contribution in [0.4, 0.5) is 4.79 Å². The van der Waals surface area contributed by atoms with Gasteiger partial charge in [-0.05, 0) is 25.7 Å². The molecule has 0 bridgehead atoms. The van der Waals surface area contributed by atoms with E-state index in [4.69, 9.17) is 9.47 Å². The molecule has 0 unspecified atom stereocenters. The summed E-state index contributed by atoms with van der Waals surface area (Å²) in [6.45, 7) is 13.6. The Morgan fingerprint density at radius 1 is 0.778 bits per heavy atom. The van der Waals surface area contributed by atoms with E-state index < -0.39 is 6.16 Å². The number of rotatable bonds is 8. The Balaban J connectivity index is 4.06. The van der Waals surface area contributed by atoms with Crippen LogP contribution in [0.5, 0.6) is 0 Å². The predicted octanol–water partition coefficient (Wildman–Crippen LogP) is 4.79. The fraction of sp³-hybridized carbons (Fsp3) is 0.933. The first-order chi connectivity index (χ1) is 8.34. The van der Waals surface area contributed by atoms with Crippen LogP contribution < -0.4 is 0 Å². The highest BCUT2D eigenvalue weighted by molar-refractivity contribution is 5.59. The van der Waals surface area contributed by atoms with Crippen LogP contribution in [-0.2, 0) is 9.47 Å². The summed E-state index contributed by atoms with van der Waals surface area (Å²) >= 11 is 0. The number of carbonyl (C=O) groups is 1. The molecule has 18 heavy (non-hydrogen) atoms. The average molecular weight is 258 g/mol. The third-order valence-electron chi connectivity index (χ3n) is 4.49. The van der Waals surface area contributed by atoms with E-state index in [2.05, 4.69) is 41.5 Å². The molecule has 0 atom stereocenters. The maximum absolute atomic E-state index is 11.6. The molecule has 0 aromatic carbocycles. The van der Waals surface area contributed by atoms with Gasteiger partial charge in [0.05, 0.1) is 0 Å². The Bertz CT molecular complexity index is 216. The molecule has 0 aromatic rings. The first-order valence-electron chi connectivity index (χ1n) is 7.14. The fourth-order valence-electron chi connectivity index (χ4n) is 1.42. The minimum Gasteiger partial charge on any atom is -0.434 e. The van der Waals surface area contributed by atoms with Crippen LogP contribution in [0.2, 0.25) is 0 Å². The van der Waals surface area contributed by atoms with E-state index in [9.17, 15) is 4.79 Å². The summed E-state index contributed by atoms with van der Waals surface area (Å²) in [6, 6.07) is 0. The van der Waals surface area contributed by atoms with Gasteiger partial charge in [0.2, 0.25) is 0 Å². The Hall–Kier alpha value is -0.730. The largest absolute Gasteiger partial charge is 0.508 e. The lowest BCUT2D eigenvalue weighted by atomic mass is 9.86. The van der Waals surface area contributed by atoms with Crippen LogP contribution >= 0.6 is 0 Å². The van der Waals surface area contributed by atoms with Crippen molar-refractivity contribution in [1.82, 2.24) is 0 Å². The van der Waals surface area contributed by atoms with Gasteiger partial charge in [0.1, 0.15) is 13.2 Å². The number of ether oxygens (including phenoxy) is 2. The molecule has 0 rings (SSSR count). The minimum absolute atomic E-state index is 0.0673. The molecule has 0 N–H and O–H groups in total. The maximum atomic E-state index is 11.6. The highest BCUT2D eigenvalue weighted by atomic mass is 16.7. The number of hydrogen-bond acceptors (Lipinski definition) is 3. The van der Waals surface area contributed by atoms with Crippen molar-refractivity contribution < 1.29 is 14.3 Å². The van der Waals surface area contributed by atoms with Crippen LogP contribution in [0, 0.1) is 10.8 Å². The zero-order valence-electron chi connectivity index (χ0n) is 13.0. The highest BCUT2D eigenvalue weighted by Crippen LogP contribution is 2.27. The summed E-state index contributed by atoms with van der Waals surface area (Å²) in [5, 5.41) is 0. The zero-order chi connectivity index (χ0) is 14.2. The Kier molecular flexibility index (Phi) is 7.34. The molecule has 0 radical (unpaired) electrons. The standard InChI is InChI=1S/C15H30O3/c1-7-14(5,8-2)11-17-13(16)18-12-15(6,9-3)10-4/h7-12H2,1-6H3. The molecule has 3 nitrogen and oxygen atoms in total. The van der Waals surface area contributed by atoms with Crippen molar-refractivity contribution in [1.29, 1.82) is 0 Å². The molecule has 0 saturated carbocycles. The van der Waals surface area contributed by atoms with E-state index in [0.29, 0.717) is 13.2 Å². The van der Waals surface area contributed by atoms with E-state index in [-0.39, 0.29) is 10.8 Å². The first-order valence-corrected chi connectivity index (χ1v) is 7.14. The fourth-order valence-corrected chi connectivity index (χ4v) is 1.42. The predicted molar refractivity (Wildman–Crippen MR) is 74.7 cm³/mol. The first kappa shape index (κ1) is 17.3. The van der Waals surface area contributed by atoms with Gasteiger partial charge in [0.25, 0.3) is 0 Å². The summed E-state index contributed by atoms with van der Waals surface area (Å²) in [5.74, 6) is 0.